The number of guanidine groups is 1. The summed E-state index contributed by atoms with van der Waals surface area (Å²) in [4.78, 5) is 4.23. The van der Waals surface area contributed by atoms with Gasteiger partial charge in [-0.2, -0.15) is 8.78 Å². The monoisotopic (exact) mass is 511 g/mol. The van der Waals surface area contributed by atoms with Crippen LogP contribution in [-0.2, 0) is 11.3 Å². The molecule has 8 heteroatoms. The first-order valence-electron chi connectivity index (χ1n) is 9.40. The third-order valence-corrected chi connectivity index (χ3v) is 4.69. The topological polar surface area (TPSA) is 54.9 Å². The van der Waals surface area contributed by atoms with E-state index in [0.29, 0.717) is 24.0 Å². The molecule has 1 saturated heterocycles. The molecule has 0 radical (unpaired) electrons. The number of hydrogen-bond acceptors (Lipinski definition) is 3. The summed E-state index contributed by atoms with van der Waals surface area (Å²) in [5, 5.41) is 6.51. The van der Waals surface area contributed by atoms with E-state index in [1.807, 2.05) is 0 Å². The van der Waals surface area contributed by atoms with Crippen LogP contribution in [0.15, 0.2) is 29.3 Å². The number of aliphatic imine (C=N–C) groups is 1. The first-order valence-corrected chi connectivity index (χ1v) is 9.40. The molecule has 1 aromatic rings. The number of nitrogens with zero attached hydrogens (tertiary/aromatic N) is 1. The third kappa shape index (κ3) is 7.69. The van der Waals surface area contributed by atoms with Crippen molar-refractivity contribution in [3.8, 4) is 5.75 Å². The van der Waals surface area contributed by atoms with E-state index in [1.54, 1.807) is 25.2 Å². The second kappa shape index (κ2) is 11.7. The van der Waals surface area contributed by atoms with Crippen LogP contribution in [-0.4, -0.2) is 38.9 Å². The zero-order valence-electron chi connectivity index (χ0n) is 17.0. The Hall–Kier alpha value is -1.16. The van der Waals surface area contributed by atoms with Crippen LogP contribution < -0.4 is 15.4 Å². The molecule has 2 atom stereocenters. The zero-order valence-corrected chi connectivity index (χ0v) is 19.3. The molecule has 2 rings (SSSR count). The minimum Gasteiger partial charge on any atom is -0.434 e. The summed E-state index contributed by atoms with van der Waals surface area (Å²) in [6, 6.07) is 6.75. The van der Waals surface area contributed by atoms with E-state index in [0.717, 1.165) is 26.0 Å². The molecule has 1 aromatic carbocycles. The Morgan fingerprint density at radius 3 is 2.64 bits per heavy atom. The van der Waals surface area contributed by atoms with Crippen LogP contribution in [0.1, 0.15) is 39.2 Å². The predicted octanol–water partition coefficient (Wildman–Crippen LogP) is 4.41. The molecule has 2 N–H and O–H groups in total. The fourth-order valence-corrected chi connectivity index (χ4v) is 3.50. The largest absolute Gasteiger partial charge is 0.434 e. The van der Waals surface area contributed by atoms with Gasteiger partial charge in [0, 0.05) is 38.2 Å². The highest BCUT2D eigenvalue weighted by molar-refractivity contribution is 14.0. The van der Waals surface area contributed by atoms with Gasteiger partial charge in [0.2, 0.25) is 0 Å². The summed E-state index contributed by atoms with van der Waals surface area (Å²) < 4.78 is 35.7. The summed E-state index contributed by atoms with van der Waals surface area (Å²) in [6.45, 7) is 5.65. The molecule has 1 aliphatic heterocycles. The smallest absolute Gasteiger partial charge is 0.387 e. The van der Waals surface area contributed by atoms with Gasteiger partial charge in [-0.25, -0.2) is 0 Å². The zero-order chi connectivity index (χ0) is 19.9. The Bertz CT molecular complexity index is 624. The summed E-state index contributed by atoms with van der Waals surface area (Å²) in [7, 11) is 1.69. The minimum absolute atomic E-state index is 0. The molecule has 28 heavy (non-hydrogen) atoms. The molecule has 5 nitrogen and oxygen atoms in total. The maximum Gasteiger partial charge on any atom is 0.387 e. The highest BCUT2D eigenvalue weighted by atomic mass is 127. The average molecular weight is 511 g/mol. The van der Waals surface area contributed by atoms with Crippen molar-refractivity contribution in [3.05, 3.63) is 29.8 Å². The maximum atomic E-state index is 12.5. The molecule has 1 fully saturated rings. The van der Waals surface area contributed by atoms with Crippen molar-refractivity contribution in [2.75, 3.05) is 20.2 Å². The lowest BCUT2D eigenvalue weighted by atomic mass is 9.78. The molecule has 0 spiro atoms. The number of halogens is 3. The van der Waals surface area contributed by atoms with Gasteiger partial charge in [-0.1, -0.05) is 39.0 Å². The van der Waals surface area contributed by atoms with Crippen LogP contribution in [0.3, 0.4) is 0 Å². The maximum absolute atomic E-state index is 12.5. The summed E-state index contributed by atoms with van der Waals surface area (Å²) in [5.74, 6) is 1.19. The third-order valence-electron chi connectivity index (χ3n) is 4.69. The Kier molecular flexibility index (Phi) is 10.4. The summed E-state index contributed by atoms with van der Waals surface area (Å²) >= 11 is 0. The Labute approximate surface area is 183 Å². The molecule has 160 valence electrons. The van der Waals surface area contributed by atoms with Gasteiger partial charge in [0.05, 0.1) is 6.10 Å². The van der Waals surface area contributed by atoms with Crippen LogP contribution in [0.5, 0.6) is 5.75 Å². The number of hydrogen-bond donors (Lipinski definition) is 2. The average Bonchev–Trinajstić information content (AvgIpc) is 2.62. The van der Waals surface area contributed by atoms with Gasteiger partial charge in [0.25, 0.3) is 0 Å². The highest BCUT2D eigenvalue weighted by Gasteiger charge is 2.35. The number of nitrogens with one attached hydrogen (secondary N) is 2. The number of alkyl halides is 2. The van der Waals surface area contributed by atoms with Crippen molar-refractivity contribution >= 4 is 29.9 Å². The van der Waals surface area contributed by atoms with Crippen molar-refractivity contribution in [2.24, 2.45) is 16.3 Å². The molecule has 0 bridgehead atoms. The number of benzene rings is 1. The molecule has 0 amide bonds. The highest BCUT2D eigenvalue weighted by Crippen LogP contribution is 2.33. The number of rotatable bonds is 6. The molecule has 0 saturated carbocycles. The number of ether oxygens (including phenoxy) is 2. The van der Waals surface area contributed by atoms with E-state index in [1.165, 1.54) is 6.07 Å². The van der Waals surface area contributed by atoms with Gasteiger partial charge in [0.15, 0.2) is 5.96 Å². The van der Waals surface area contributed by atoms with Crippen molar-refractivity contribution in [1.29, 1.82) is 0 Å². The fraction of sp³-hybridized carbons (Fsp3) is 0.650. The lowest BCUT2D eigenvalue weighted by molar-refractivity contribution is -0.0835. The standard InChI is InChI=1S/C20H31F2N3O2.HI/c1-20(2,3)17-15(9-7-11-26-17)13-25-19(23-4)24-12-14-8-5-6-10-16(14)27-18(21)22;/h5-6,8,10,15,17-18H,7,9,11-13H2,1-4H3,(H2,23,24,25);1H. The van der Waals surface area contributed by atoms with Crippen molar-refractivity contribution in [1.82, 2.24) is 10.6 Å². The van der Waals surface area contributed by atoms with E-state index < -0.39 is 6.61 Å². The van der Waals surface area contributed by atoms with Gasteiger partial charge in [-0.15, -0.1) is 24.0 Å². The molecule has 0 aromatic heterocycles. The van der Waals surface area contributed by atoms with Crippen molar-refractivity contribution < 1.29 is 18.3 Å². The van der Waals surface area contributed by atoms with Gasteiger partial charge in [-0.05, 0) is 24.3 Å². The van der Waals surface area contributed by atoms with E-state index in [2.05, 4.69) is 41.1 Å². The lowest BCUT2D eigenvalue weighted by Crippen LogP contribution is -2.47. The Balaban J connectivity index is 0.00000392. The second-order valence-corrected chi connectivity index (χ2v) is 7.85. The first kappa shape index (κ1) is 24.9. The normalized spacial score (nSPS) is 20.5. The Morgan fingerprint density at radius 2 is 2.00 bits per heavy atom. The first-order chi connectivity index (χ1) is 12.8. The van der Waals surface area contributed by atoms with Crippen LogP contribution >= 0.6 is 24.0 Å². The minimum atomic E-state index is -2.84. The second-order valence-electron chi connectivity index (χ2n) is 7.85. The number of para-hydroxylation sites is 1. The van der Waals surface area contributed by atoms with Gasteiger partial charge in [0.1, 0.15) is 5.75 Å². The molecule has 1 aliphatic rings. The molecule has 1 heterocycles. The molecule has 0 aliphatic carbocycles. The van der Waals surface area contributed by atoms with E-state index in [9.17, 15) is 8.78 Å². The van der Waals surface area contributed by atoms with Gasteiger partial charge in [-0.3, -0.25) is 4.99 Å². The van der Waals surface area contributed by atoms with Crippen LogP contribution in [0.4, 0.5) is 8.78 Å². The summed E-state index contributed by atoms with van der Waals surface area (Å²) in [6.07, 6.45) is 2.36. The Morgan fingerprint density at radius 1 is 1.29 bits per heavy atom. The van der Waals surface area contributed by atoms with Crippen molar-refractivity contribution in [2.45, 2.75) is 52.9 Å². The van der Waals surface area contributed by atoms with Crippen LogP contribution in [0, 0.1) is 11.3 Å². The molecular weight excluding hydrogens is 479 g/mol. The molecular formula is C20H32F2IN3O2. The van der Waals surface area contributed by atoms with Gasteiger partial charge < -0.3 is 20.1 Å². The lowest BCUT2D eigenvalue weighted by Gasteiger charge is -2.40. The fourth-order valence-electron chi connectivity index (χ4n) is 3.50. The van der Waals surface area contributed by atoms with E-state index in [4.69, 9.17) is 4.74 Å². The van der Waals surface area contributed by atoms with E-state index >= 15 is 0 Å². The molecule has 2 unspecified atom stereocenters. The van der Waals surface area contributed by atoms with Gasteiger partial charge >= 0.3 is 6.61 Å². The SMILES string of the molecule is CN=C(NCc1ccccc1OC(F)F)NCC1CCCOC1C(C)(C)C.I. The van der Waals surface area contributed by atoms with Crippen LogP contribution in [0.2, 0.25) is 0 Å². The quantitative estimate of drug-likeness (QED) is 0.338. The van der Waals surface area contributed by atoms with Crippen molar-refractivity contribution in [3.63, 3.8) is 0 Å². The predicted molar refractivity (Wildman–Crippen MR) is 119 cm³/mol. The van der Waals surface area contributed by atoms with Crippen LogP contribution in [0.25, 0.3) is 0 Å². The summed E-state index contributed by atoms with van der Waals surface area (Å²) in [5.41, 5.74) is 0.726. The van der Waals surface area contributed by atoms with E-state index in [-0.39, 0.29) is 41.2 Å².